The van der Waals surface area contributed by atoms with Crippen molar-refractivity contribution in [3.63, 3.8) is 0 Å². The Morgan fingerprint density at radius 1 is 0.895 bits per heavy atom. The van der Waals surface area contributed by atoms with E-state index in [1.807, 2.05) is 0 Å². The molecule has 19 heavy (non-hydrogen) atoms. The molecule has 0 saturated heterocycles. The Labute approximate surface area is 130 Å². The lowest BCUT2D eigenvalue weighted by atomic mass is 10.2. The number of anilines is 1. The standard InChI is InChI=1S/C13H8Cl4FN/c14-9-3-4-11(16)13(17)8(9)6-19-7-1-2-10(15)12(18)5-7/h1-5,19H,6H2. The fourth-order valence-corrected chi connectivity index (χ4v) is 2.33. The molecular weight excluding hydrogens is 331 g/mol. The summed E-state index contributed by atoms with van der Waals surface area (Å²) in [5.74, 6) is -0.491. The second-order valence-corrected chi connectivity index (χ2v) is 5.40. The molecule has 2 aromatic carbocycles. The van der Waals surface area contributed by atoms with Crippen molar-refractivity contribution in [3.05, 3.63) is 61.8 Å². The topological polar surface area (TPSA) is 12.0 Å². The number of nitrogens with one attached hydrogen (secondary N) is 1. The lowest BCUT2D eigenvalue weighted by molar-refractivity contribution is 0.628. The molecule has 100 valence electrons. The molecule has 1 N–H and O–H groups in total. The van der Waals surface area contributed by atoms with Gasteiger partial charge in [0, 0.05) is 22.8 Å². The average molecular weight is 339 g/mol. The van der Waals surface area contributed by atoms with Gasteiger partial charge in [-0.15, -0.1) is 0 Å². The molecule has 1 nitrogen and oxygen atoms in total. The molecule has 0 aliphatic heterocycles. The number of rotatable bonds is 3. The van der Waals surface area contributed by atoms with Gasteiger partial charge in [-0.05, 0) is 30.3 Å². The van der Waals surface area contributed by atoms with E-state index in [-0.39, 0.29) is 5.02 Å². The predicted molar refractivity (Wildman–Crippen MR) is 80.2 cm³/mol. The molecule has 0 aliphatic rings. The lowest BCUT2D eigenvalue weighted by Gasteiger charge is -2.11. The van der Waals surface area contributed by atoms with Gasteiger partial charge in [-0.3, -0.25) is 0 Å². The summed E-state index contributed by atoms with van der Waals surface area (Å²) in [6.45, 7) is 0.333. The van der Waals surface area contributed by atoms with Crippen LogP contribution in [0.15, 0.2) is 30.3 Å². The fourth-order valence-electron chi connectivity index (χ4n) is 1.53. The summed E-state index contributed by atoms with van der Waals surface area (Å²) in [4.78, 5) is 0. The first-order valence-corrected chi connectivity index (χ1v) is 6.81. The zero-order valence-corrected chi connectivity index (χ0v) is 12.5. The summed E-state index contributed by atoms with van der Waals surface area (Å²) >= 11 is 23.6. The Bertz CT molecular complexity index is 616. The Morgan fingerprint density at radius 3 is 2.21 bits per heavy atom. The van der Waals surface area contributed by atoms with Crippen LogP contribution in [0.5, 0.6) is 0 Å². The van der Waals surface area contributed by atoms with E-state index in [1.54, 1.807) is 18.2 Å². The molecule has 2 rings (SSSR count). The molecular formula is C13H8Cl4FN. The highest BCUT2D eigenvalue weighted by molar-refractivity contribution is 6.44. The van der Waals surface area contributed by atoms with Crippen LogP contribution >= 0.6 is 46.4 Å². The van der Waals surface area contributed by atoms with Gasteiger partial charge in [0.2, 0.25) is 0 Å². The third-order valence-electron chi connectivity index (χ3n) is 2.53. The largest absolute Gasteiger partial charge is 0.381 e. The molecule has 2 aromatic rings. The van der Waals surface area contributed by atoms with E-state index in [9.17, 15) is 4.39 Å². The van der Waals surface area contributed by atoms with Crippen LogP contribution in [0.3, 0.4) is 0 Å². The normalized spacial score (nSPS) is 10.6. The minimum atomic E-state index is -0.491. The Balaban J connectivity index is 2.19. The summed E-state index contributed by atoms with van der Waals surface area (Å²) in [5, 5.41) is 4.39. The van der Waals surface area contributed by atoms with E-state index < -0.39 is 5.82 Å². The van der Waals surface area contributed by atoms with Gasteiger partial charge in [-0.25, -0.2) is 4.39 Å². The first kappa shape index (κ1) is 14.7. The molecule has 0 fully saturated rings. The second-order valence-electron chi connectivity index (χ2n) is 3.80. The van der Waals surface area contributed by atoms with Gasteiger partial charge in [0.25, 0.3) is 0 Å². The summed E-state index contributed by atoms with van der Waals surface area (Å²) < 4.78 is 13.3. The van der Waals surface area contributed by atoms with Crippen molar-refractivity contribution < 1.29 is 4.39 Å². The van der Waals surface area contributed by atoms with Crippen LogP contribution < -0.4 is 5.32 Å². The van der Waals surface area contributed by atoms with Crippen LogP contribution in [-0.2, 0) is 6.54 Å². The van der Waals surface area contributed by atoms with Crippen molar-refractivity contribution in [2.24, 2.45) is 0 Å². The average Bonchev–Trinajstić information content (AvgIpc) is 2.38. The van der Waals surface area contributed by atoms with Gasteiger partial charge in [0.05, 0.1) is 15.1 Å². The number of halogens is 5. The zero-order chi connectivity index (χ0) is 14.0. The molecule has 0 radical (unpaired) electrons. The van der Waals surface area contributed by atoms with Crippen LogP contribution in [0.25, 0.3) is 0 Å². The molecule has 0 heterocycles. The van der Waals surface area contributed by atoms with Crippen LogP contribution in [0.2, 0.25) is 20.1 Å². The maximum atomic E-state index is 13.3. The summed E-state index contributed by atoms with van der Waals surface area (Å²) in [7, 11) is 0. The van der Waals surface area contributed by atoms with Gasteiger partial charge in [0.15, 0.2) is 0 Å². The van der Waals surface area contributed by atoms with E-state index in [1.165, 1.54) is 12.1 Å². The number of hydrogen-bond donors (Lipinski definition) is 1. The van der Waals surface area contributed by atoms with Crippen LogP contribution in [-0.4, -0.2) is 0 Å². The minimum Gasteiger partial charge on any atom is -0.381 e. The molecule has 0 spiro atoms. The summed E-state index contributed by atoms with van der Waals surface area (Å²) in [6, 6.07) is 7.72. The zero-order valence-electron chi connectivity index (χ0n) is 9.48. The van der Waals surface area contributed by atoms with Crippen LogP contribution in [0.1, 0.15) is 5.56 Å². The molecule has 0 bridgehead atoms. The Morgan fingerprint density at radius 2 is 1.53 bits per heavy atom. The second kappa shape index (κ2) is 6.19. The molecule has 0 atom stereocenters. The van der Waals surface area contributed by atoms with Crippen molar-refractivity contribution in [2.75, 3.05) is 5.32 Å². The number of hydrogen-bond acceptors (Lipinski definition) is 1. The maximum absolute atomic E-state index is 13.3. The van der Waals surface area contributed by atoms with Crippen molar-refractivity contribution >= 4 is 52.1 Å². The predicted octanol–water partition coefficient (Wildman–Crippen LogP) is 6.05. The van der Waals surface area contributed by atoms with E-state index in [4.69, 9.17) is 46.4 Å². The highest BCUT2D eigenvalue weighted by atomic mass is 35.5. The fraction of sp³-hybridized carbons (Fsp3) is 0.0769. The number of benzene rings is 2. The third-order valence-corrected chi connectivity index (χ3v) is 4.03. The van der Waals surface area contributed by atoms with Crippen LogP contribution in [0.4, 0.5) is 10.1 Å². The first-order chi connectivity index (χ1) is 8.99. The van der Waals surface area contributed by atoms with E-state index >= 15 is 0 Å². The lowest BCUT2D eigenvalue weighted by Crippen LogP contribution is -2.01. The molecule has 0 saturated carbocycles. The van der Waals surface area contributed by atoms with Gasteiger partial charge in [-0.2, -0.15) is 0 Å². The maximum Gasteiger partial charge on any atom is 0.143 e. The monoisotopic (exact) mass is 337 g/mol. The van der Waals surface area contributed by atoms with Gasteiger partial charge in [-0.1, -0.05) is 46.4 Å². The molecule has 0 aliphatic carbocycles. The van der Waals surface area contributed by atoms with Crippen LogP contribution in [0, 0.1) is 5.82 Å². The summed E-state index contributed by atoms with van der Waals surface area (Å²) in [6.07, 6.45) is 0. The van der Waals surface area contributed by atoms with E-state index in [0.717, 1.165) is 0 Å². The van der Waals surface area contributed by atoms with Crippen molar-refractivity contribution in [3.8, 4) is 0 Å². The van der Waals surface area contributed by atoms with E-state index in [2.05, 4.69) is 5.32 Å². The van der Waals surface area contributed by atoms with Crippen molar-refractivity contribution in [1.82, 2.24) is 0 Å². The van der Waals surface area contributed by atoms with E-state index in [0.29, 0.717) is 32.9 Å². The SMILES string of the molecule is Fc1cc(NCc2c(Cl)ccc(Cl)c2Cl)ccc1Cl. The highest BCUT2D eigenvalue weighted by Gasteiger charge is 2.09. The van der Waals surface area contributed by atoms with Gasteiger partial charge < -0.3 is 5.32 Å². The first-order valence-electron chi connectivity index (χ1n) is 5.30. The van der Waals surface area contributed by atoms with Crippen molar-refractivity contribution in [1.29, 1.82) is 0 Å². The molecule has 0 amide bonds. The van der Waals surface area contributed by atoms with Gasteiger partial charge in [0.1, 0.15) is 5.82 Å². The van der Waals surface area contributed by atoms with Crippen molar-refractivity contribution in [2.45, 2.75) is 6.54 Å². The smallest absolute Gasteiger partial charge is 0.143 e. The molecule has 0 unspecified atom stereocenters. The van der Waals surface area contributed by atoms with Gasteiger partial charge >= 0.3 is 0 Å². The minimum absolute atomic E-state index is 0.0735. The molecule has 0 aromatic heterocycles. The Kier molecular flexibility index (Phi) is 4.80. The molecule has 6 heteroatoms. The highest BCUT2D eigenvalue weighted by Crippen LogP contribution is 2.32. The quantitative estimate of drug-likeness (QED) is 0.671. The summed E-state index contributed by atoms with van der Waals surface area (Å²) in [5.41, 5.74) is 1.24. The Hall–Kier alpha value is -0.670. The third kappa shape index (κ3) is 3.46.